The highest BCUT2D eigenvalue weighted by Crippen LogP contribution is 2.31. The minimum absolute atomic E-state index is 0.241. The van der Waals surface area contributed by atoms with Gasteiger partial charge >= 0.3 is 0 Å². The number of phenolic OH excluding ortho intramolecular Hbond substituents is 1. The van der Waals surface area contributed by atoms with Gasteiger partial charge in [0.25, 0.3) is 0 Å². The van der Waals surface area contributed by atoms with Gasteiger partial charge in [0.1, 0.15) is 0 Å². The van der Waals surface area contributed by atoms with Crippen molar-refractivity contribution in [1.29, 1.82) is 0 Å². The molecular weight excluding hydrogens is 202 g/mol. The summed E-state index contributed by atoms with van der Waals surface area (Å²) in [6.45, 7) is 9.13. The Balaban J connectivity index is 2.93. The lowest BCUT2D eigenvalue weighted by atomic mass is 10.1. The zero-order valence-corrected chi connectivity index (χ0v) is 10.6. The van der Waals surface area contributed by atoms with E-state index in [0.717, 1.165) is 25.2 Å². The Kier molecular flexibility index (Phi) is 4.62. The average molecular weight is 223 g/mol. The molecule has 0 radical (unpaired) electrons. The van der Waals surface area contributed by atoms with Crippen molar-refractivity contribution < 1.29 is 9.84 Å². The van der Waals surface area contributed by atoms with E-state index in [1.165, 1.54) is 5.56 Å². The number of phenols is 1. The molecule has 1 rings (SSSR count). The lowest BCUT2D eigenvalue weighted by molar-refractivity contribution is 0.294. The van der Waals surface area contributed by atoms with Crippen molar-refractivity contribution in [2.24, 2.45) is 0 Å². The first-order valence-corrected chi connectivity index (χ1v) is 5.71. The molecule has 0 bridgehead atoms. The Labute approximate surface area is 97.7 Å². The highest BCUT2D eigenvalue weighted by atomic mass is 16.5. The summed E-state index contributed by atoms with van der Waals surface area (Å²) in [4.78, 5) is 2.32. The highest BCUT2D eigenvalue weighted by molar-refractivity contribution is 5.47. The van der Waals surface area contributed by atoms with Crippen LogP contribution in [0.1, 0.15) is 25.0 Å². The number of nitrogens with zero attached hydrogens (tertiary/aromatic N) is 1. The molecule has 1 aromatic carbocycles. The van der Waals surface area contributed by atoms with Crippen molar-refractivity contribution in [3.05, 3.63) is 23.3 Å². The normalized spacial score (nSPS) is 10.8. The van der Waals surface area contributed by atoms with E-state index in [-0.39, 0.29) is 5.75 Å². The molecule has 1 aromatic rings. The van der Waals surface area contributed by atoms with Gasteiger partial charge in [-0.3, -0.25) is 4.90 Å². The Morgan fingerprint density at radius 1 is 1.25 bits per heavy atom. The Bertz CT molecular complexity index is 346. The number of aromatic hydroxyl groups is 1. The predicted octanol–water partition coefficient (Wildman–Crippen LogP) is 2.55. The average Bonchev–Trinajstić information content (AvgIpc) is 2.30. The molecule has 1 N–H and O–H groups in total. The fourth-order valence-electron chi connectivity index (χ4n) is 1.77. The molecule has 0 heterocycles. The van der Waals surface area contributed by atoms with Crippen LogP contribution in [0.15, 0.2) is 12.1 Å². The lowest BCUT2D eigenvalue weighted by Gasteiger charge is -2.19. The van der Waals surface area contributed by atoms with Gasteiger partial charge in [0.2, 0.25) is 0 Å². The predicted molar refractivity (Wildman–Crippen MR) is 66.0 cm³/mol. The summed E-state index contributed by atoms with van der Waals surface area (Å²) >= 11 is 0. The quantitative estimate of drug-likeness (QED) is 0.832. The van der Waals surface area contributed by atoms with Crippen LogP contribution in [0.3, 0.4) is 0 Å². The van der Waals surface area contributed by atoms with Crippen molar-refractivity contribution in [1.82, 2.24) is 4.90 Å². The minimum atomic E-state index is 0.241. The molecule has 0 unspecified atom stereocenters. The topological polar surface area (TPSA) is 32.7 Å². The number of ether oxygens (including phenoxy) is 1. The largest absolute Gasteiger partial charge is 0.504 e. The summed E-state index contributed by atoms with van der Waals surface area (Å²) in [5, 5.41) is 9.73. The number of hydrogen-bond acceptors (Lipinski definition) is 3. The highest BCUT2D eigenvalue weighted by Gasteiger charge is 2.09. The van der Waals surface area contributed by atoms with E-state index >= 15 is 0 Å². The summed E-state index contributed by atoms with van der Waals surface area (Å²) in [5.41, 5.74) is 2.04. The molecule has 0 atom stereocenters. The van der Waals surface area contributed by atoms with Gasteiger partial charge in [0.15, 0.2) is 11.5 Å². The fraction of sp³-hybridized carbons (Fsp3) is 0.538. The van der Waals surface area contributed by atoms with E-state index < -0.39 is 0 Å². The van der Waals surface area contributed by atoms with E-state index in [1.54, 1.807) is 7.11 Å². The number of methoxy groups -OCH3 is 1. The van der Waals surface area contributed by atoms with Gasteiger partial charge in [-0.25, -0.2) is 0 Å². The Morgan fingerprint density at radius 3 is 2.38 bits per heavy atom. The Hall–Kier alpha value is -1.22. The van der Waals surface area contributed by atoms with Crippen molar-refractivity contribution in [3.63, 3.8) is 0 Å². The minimum Gasteiger partial charge on any atom is -0.504 e. The van der Waals surface area contributed by atoms with Crippen LogP contribution in [-0.2, 0) is 6.54 Å². The second kappa shape index (κ2) is 5.75. The van der Waals surface area contributed by atoms with Crippen LogP contribution < -0.4 is 4.74 Å². The molecule has 3 nitrogen and oxygen atoms in total. The zero-order chi connectivity index (χ0) is 12.1. The third kappa shape index (κ3) is 2.89. The van der Waals surface area contributed by atoms with Crippen LogP contribution in [0.4, 0.5) is 0 Å². The van der Waals surface area contributed by atoms with Gasteiger partial charge in [-0.15, -0.1) is 0 Å². The van der Waals surface area contributed by atoms with Crippen LogP contribution in [0.5, 0.6) is 11.5 Å². The molecule has 90 valence electrons. The van der Waals surface area contributed by atoms with Gasteiger partial charge in [0, 0.05) is 6.54 Å². The number of hydrogen-bond donors (Lipinski definition) is 1. The first kappa shape index (κ1) is 12.8. The molecule has 0 amide bonds. The third-order valence-corrected chi connectivity index (χ3v) is 2.85. The molecule has 16 heavy (non-hydrogen) atoms. The van der Waals surface area contributed by atoms with E-state index in [2.05, 4.69) is 18.7 Å². The standard InChI is InChI=1S/C13H21NO2/c1-5-14(6-2)9-11-7-10(3)13(15)12(8-11)16-4/h7-8,15H,5-6,9H2,1-4H3. The molecule has 0 aliphatic heterocycles. The second-order valence-corrected chi connectivity index (χ2v) is 3.92. The Morgan fingerprint density at radius 2 is 1.88 bits per heavy atom. The van der Waals surface area contributed by atoms with Gasteiger partial charge in [-0.1, -0.05) is 19.9 Å². The van der Waals surface area contributed by atoms with Crippen molar-refractivity contribution in [2.45, 2.75) is 27.3 Å². The van der Waals surface area contributed by atoms with Gasteiger partial charge in [-0.2, -0.15) is 0 Å². The van der Waals surface area contributed by atoms with E-state index in [0.29, 0.717) is 5.75 Å². The molecule has 3 heteroatoms. The molecule has 0 saturated heterocycles. The van der Waals surface area contributed by atoms with Crippen LogP contribution >= 0.6 is 0 Å². The molecule has 0 fully saturated rings. The lowest BCUT2D eigenvalue weighted by Crippen LogP contribution is -2.22. The van der Waals surface area contributed by atoms with Crippen LogP contribution in [0, 0.1) is 6.92 Å². The van der Waals surface area contributed by atoms with Gasteiger partial charge < -0.3 is 9.84 Å². The van der Waals surface area contributed by atoms with Gasteiger partial charge in [0.05, 0.1) is 7.11 Å². The van der Waals surface area contributed by atoms with Crippen LogP contribution in [0.2, 0.25) is 0 Å². The molecule has 0 aliphatic carbocycles. The summed E-state index contributed by atoms with van der Waals surface area (Å²) in [7, 11) is 1.58. The van der Waals surface area contributed by atoms with E-state index in [9.17, 15) is 5.11 Å². The SMILES string of the molecule is CCN(CC)Cc1cc(C)c(O)c(OC)c1. The van der Waals surface area contributed by atoms with Crippen molar-refractivity contribution in [2.75, 3.05) is 20.2 Å². The number of aryl methyl sites for hydroxylation is 1. The zero-order valence-electron chi connectivity index (χ0n) is 10.6. The maximum Gasteiger partial charge on any atom is 0.161 e. The maximum absolute atomic E-state index is 9.73. The summed E-state index contributed by atoms with van der Waals surface area (Å²) < 4.78 is 5.15. The van der Waals surface area contributed by atoms with Crippen LogP contribution in [0.25, 0.3) is 0 Å². The van der Waals surface area contributed by atoms with Crippen molar-refractivity contribution >= 4 is 0 Å². The van der Waals surface area contributed by atoms with Gasteiger partial charge in [-0.05, 0) is 37.2 Å². The third-order valence-electron chi connectivity index (χ3n) is 2.85. The summed E-state index contributed by atoms with van der Waals surface area (Å²) in [6, 6.07) is 3.91. The molecule has 0 spiro atoms. The number of rotatable bonds is 5. The summed E-state index contributed by atoms with van der Waals surface area (Å²) in [6.07, 6.45) is 0. The van der Waals surface area contributed by atoms with Crippen molar-refractivity contribution in [3.8, 4) is 11.5 Å². The maximum atomic E-state index is 9.73. The molecular formula is C13H21NO2. The summed E-state index contributed by atoms with van der Waals surface area (Å²) in [5.74, 6) is 0.799. The molecule has 0 aliphatic rings. The van der Waals surface area contributed by atoms with Crippen LogP contribution in [-0.4, -0.2) is 30.2 Å². The number of benzene rings is 1. The second-order valence-electron chi connectivity index (χ2n) is 3.92. The molecule has 0 aromatic heterocycles. The monoisotopic (exact) mass is 223 g/mol. The molecule has 0 saturated carbocycles. The van der Waals surface area contributed by atoms with E-state index in [1.807, 2.05) is 19.1 Å². The first-order valence-electron chi connectivity index (χ1n) is 5.71. The van der Waals surface area contributed by atoms with E-state index in [4.69, 9.17) is 4.74 Å². The smallest absolute Gasteiger partial charge is 0.161 e. The fourth-order valence-corrected chi connectivity index (χ4v) is 1.77. The first-order chi connectivity index (χ1) is 7.62.